The van der Waals surface area contributed by atoms with Gasteiger partial charge in [0.1, 0.15) is 42.3 Å². The molecule has 22 N–H and O–H groups in total. The summed E-state index contributed by atoms with van der Waals surface area (Å²) in [6.07, 6.45) is 7.43. The van der Waals surface area contributed by atoms with Crippen molar-refractivity contribution in [2.75, 3.05) is 77.0 Å². The first-order chi connectivity index (χ1) is 55.7. The number of nitrogens with zero attached hydrogens (tertiary/aromatic N) is 9. The number of β-amino-alcohol motifs (C(OH)–C–C–N with tert-alkyl or cyclic N) is 1. The third-order valence-electron chi connectivity index (χ3n) is 21.5. The number of carboxylic acid groups (broad SMARTS) is 1. The summed E-state index contributed by atoms with van der Waals surface area (Å²) in [5.41, 5.74) is 42.6. The molecule has 35 nitrogen and oxygen atoms in total. The lowest BCUT2D eigenvalue weighted by Crippen LogP contribution is -2.62. The van der Waals surface area contributed by atoms with Gasteiger partial charge in [-0.3, -0.25) is 62.9 Å². The largest absolute Gasteiger partial charge is 0.480 e. The Morgan fingerprint density at radius 1 is 0.595 bits per heavy atom. The number of rotatable bonds is 38. The first kappa shape index (κ1) is 90.7. The Morgan fingerprint density at radius 2 is 1.19 bits per heavy atom. The van der Waals surface area contributed by atoms with Crippen molar-refractivity contribution in [3.8, 4) is 0 Å². The molecule has 1 saturated carbocycles. The highest BCUT2D eigenvalue weighted by atomic mass is 32.1. The van der Waals surface area contributed by atoms with Gasteiger partial charge < -0.3 is 111 Å². The van der Waals surface area contributed by atoms with Crippen LogP contribution in [0.1, 0.15) is 138 Å². The maximum absolute atomic E-state index is 15.1. The quantitative estimate of drug-likeness (QED) is 0.0147. The molecule has 0 bridgehead atoms. The zero-order chi connectivity index (χ0) is 83.8. The Labute approximate surface area is 680 Å². The Hall–Kier alpha value is -10.8. The topological polar surface area (TPSA) is 547 Å². The number of thiophene rings is 1. The summed E-state index contributed by atoms with van der Waals surface area (Å²) in [7, 11) is 0. The minimum Gasteiger partial charge on any atom is -0.480 e. The van der Waals surface area contributed by atoms with E-state index in [9.17, 15) is 63.3 Å². The normalized spacial score (nSPS) is 18.8. The maximum Gasteiger partial charge on any atom is 0.326 e. The van der Waals surface area contributed by atoms with Crippen LogP contribution in [-0.4, -0.2) is 261 Å². The highest BCUT2D eigenvalue weighted by Gasteiger charge is 2.47. The molecule has 3 saturated heterocycles. The minimum absolute atomic E-state index is 0.0000608. The first-order valence-electron chi connectivity index (χ1n) is 40.1. The predicted octanol–water partition coefficient (Wildman–Crippen LogP) is -0.885. The molecule has 10 amide bonds. The fourth-order valence-electron chi connectivity index (χ4n) is 15.5. The summed E-state index contributed by atoms with van der Waals surface area (Å²) in [6, 6.07) is 21.0. The van der Waals surface area contributed by atoms with E-state index >= 15 is 4.79 Å². The number of anilines is 1. The maximum atomic E-state index is 15.1. The summed E-state index contributed by atoms with van der Waals surface area (Å²) in [5, 5.41) is 46.4. The molecule has 3 aromatic carbocycles. The van der Waals surface area contributed by atoms with Crippen LogP contribution < -0.4 is 71.6 Å². The average molecular weight is 1630 g/mol. The van der Waals surface area contributed by atoms with Gasteiger partial charge in [-0.15, -0.1) is 11.3 Å². The molecule has 4 aliphatic heterocycles. The highest BCUT2D eigenvalue weighted by Crippen LogP contribution is 2.32. The Morgan fingerprint density at radius 3 is 1.80 bits per heavy atom. The zero-order valence-corrected chi connectivity index (χ0v) is 66.9. The SMILES string of the molecule is CCC(=O)N(c1ccccc1)C1CCN(CCc2ccccc2)CC1.NC(N)=NCCC[C@@H](N)C(=O)N[C@@H](CCCN=C(N)N)C(=O)N1CCC[C@H]1C(=O)N1C[C@H](O)C[C@H]1C(=O)NCC(=O)N[C@@H](Cc1cccs1)C(=O)N[C@@H](CO)C(=O)N1Cc2ccccc2C[C@@H]1C(=O)N(CC(=O)N[C@@H](CCCN=C(N)N)C(=O)O)C1CCCCC1. The Balaban J connectivity index is 0.000000565. The van der Waals surface area contributed by atoms with E-state index in [0.717, 1.165) is 74.3 Å². The smallest absolute Gasteiger partial charge is 0.326 e. The molecule has 1 aliphatic carbocycles. The van der Waals surface area contributed by atoms with Gasteiger partial charge in [0.2, 0.25) is 59.1 Å². The van der Waals surface area contributed by atoms with Crippen LogP contribution in [0.2, 0.25) is 0 Å². The second-order valence-electron chi connectivity index (χ2n) is 29.9. The van der Waals surface area contributed by atoms with E-state index in [4.69, 9.17) is 40.1 Å². The summed E-state index contributed by atoms with van der Waals surface area (Å²) in [6.45, 7) is 3.18. The highest BCUT2D eigenvalue weighted by molar-refractivity contribution is 7.09. The van der Waals surface area contributed by atoms with E-state index in [2.05, 4.69) is 88.9 Å². The van der Waals surface area contributed by atoms with Crippen molar-refractivity contribution in [1.29, 1.82) is 0 Å². The Bertz CT molecular complexity index is 4000. The molecule has 5 heterocycles. The number of aliphatic hydroxyl groups is 2. The molecule has 9 atom stereocenters. The van der Waals surface area contributed by atoms with Crippen molar-refractivity contribution in [3.05, 3.63) is 124 Å². The number of carbonyl (C=O) groups is 11. The number of benzene rings is 3. The number of aliphatic hydroxyl groups excluding tert-OH is 2. The van der Waals surface area contributed by atoms with Crippen molar-refractivity contribution in [2.24, 2.45) is 55.1 Å². The van der Waals surface area contributed by atoms with Gasteiger partial charge in [0.15, 0.2) is 17.9 Å². The van der Waals surface area contributed by atoms with Gasteiger partial charge in [0.05, 0.1) is 31.8 Å². The molecule has 36 heteroatoms. The Kier molecular flexibility index (Phi) is 36.0. The van der Waals surface area contributed by atoms with Crippen molar-refractivity contribution in [2.45, 2.75) is 208 Å². The molecule has 5 aliphatic rings. The minimum atomic E-state index is -1.67. The van der Waals surface area contributed by atoms with Crippen LogP contribution >= 0.6 is 11.3 Å². The van der Waals surface area contributed by atoms with Crippen LogP contribution in [0.3, 0.4) is 0 Å². The number of nitrogens with two attached hydrogens (primary N) is 7. The van der Waals surface area contributed by atoms with E-state index in [0.29, 0.717) is 48.6 Å². The molecule has 0 unspecified atom stereocenters. The van der Waals surface area contributed by atoms with Crippen molar-refractivity contribution in [1.82, 2.24) is 51.1 Å². The molecular weight excluding hydrogens is 1510 g/mol. The van der Waals surface area contributed by atoms with Gasteiger partial charge >= 0.3 is 5.97 Å². The number of hydrogen-bond acceptors (Lipinski definition) is 19. The van der Waals surface area contributed by atoms with Crippen LogP contribution in [0.15, 0.2) is 117 Å². The molecule has 632 valence electrons. The van der Waals surface area contributed by atoms with Crippen LogP contribution in [0.25, 0.3) is 0 Å². The van der Waals surface area contributed by atoms with Gasteiger partial charge in [0, 0.05) is 107 Å². The summed E-state index contributed by atoms with van der Waals surface area (Å²) < 4.78 is 0. The molecule has 0 radical (unpaired) electrons. The van der Waals surface area contributed by atoms with Gasteiger partial charge in [0.25, 0.3) is 0 Å². The lowest BCUT2D eigenvalue weighted by molar-refractivity contribution is -0.152. The predicted molar refractivity (Wildman–Crippen MR) is 439 cm³/mol. The van der Waals surface area contributed by atoms with Crippen molar-refractivity contribution in [3.63, 3.8) is 0 Å². The fourth-order valence-corrected chi connectivity index (χ4v) is 16.2. The average Bonchev–Trinajstić information content (AvgIpc) is 1.11. The summed E-state index contributed by atoms with van der Waals surface area (Å²) in [4.78, 5) is 175. The van der Waals surface area contributed by atoms with Crippen LogP contribution in [-0.2, 0) is 78.5 Å². The van der Waals surface area contributed by atoms with Crippen molar-refractivity contribution < 1.29 is 68.1 Å². The third-order valence-corrected chi connectivity index (χ3v) is 22.4. The van der Waals surface area contributed by atoms with Gasteiger partial charge in [-0.2, -0.15) is 0 Å². The van der Waals surface area contributed by atoms with Gasteiger partial charge in [-0.05, 0) is 124 Å². The van der Waals surface area contributed by atoms with Crippen molar-refractivity contribution >= 4 is 99.9 Å². The molecular formula is C80H117N21O14S. The van der Waals surface area contributed by atoms with Crippen LogP contribution in [0, 0.1) is 0 Å². The van der Waals surface area contributed by atoms with Crippen LogP contribution in [0.5, 0.6) is 0 Å². The standard InChI is InChI=1S/C58H89N19O13S.C22H28N2O/c59-38(16-6-20-66-56(60)61)48(82)72-39(17-7-21-67-57(62)63)51(85)74-23-9-19-43(74)53(87)77-30-36(79)26-44(77)50(84)69-28-46(80)71-41(27-37-15-10-24-91-37)49(83)73-42(32-78)52(86)76-29-34-12-5-4-11-33(34)25-45(76)54(88)75(35-13-2-1-3-14-35)31-47(81)70-40(55(89)90)18-8-22-68-58(64)65;1-2-22(25)24(20-11-7-4-8-12-20)21-14-17-23(18-15-21)16-13-19-9-5-3-6-10-19/h4-5,10-12,15,24,35-36,38-45,78-79H,1-3,6-9,13-14,16-23,25-32,59H2,(H,69,84)(H,70,81)(H,71,80)(H,72,82)(H,73,83)(H,89,90)(H4,60,61,66)(H4,62,63,67)(H4,64,65,68);3-12,21H,2,13-18H2,1H3/t36-,38-,39+,40+,41+,42+,43+,44+,45-;/m1./s1. The number of fused-ring (bicyclic) bond motifs is 1. The van der Waals surface area contributed by atoms with E-state index in [-0.39, 0.29) is 121 Å². The summed E-state index contributed by atoms with van der Waals surface area (Å²) in [5.74, 6) is -8.18. The molecule has 4 fully saturated rings. The second-order valence-corrected chi connectivity index (χ2v) is 30.9. The fraction of sp³-hybridized carbons (Fsp3) is 0.550. The number of carboxylic acids is 1. The second kappa shape index (κ2) is 46.1. The number of aliphatic carboxylic acids is 1. The number of nitrogens with one attached hydrogen (secondary N) is 5. The first-order valence-corrected chi connectivity index (χ1v) is 41.0. The summed E-state index contributed by atoms with van der Waals surface area (Å²) >= 11 is 1.27. The molecule has 116 heavy (non-hydrogen) atoms. The molecule has 1 aromatic heterocycles. The number of amides is 10. The number of aliphatic imine (C=N–C) groups is 3. The number of likely N-dealkylation sites (tertiary alicyclic amines) is 3. The lowest BCUT2D eigenvalue weighted by Gasteiger charge is -2.42. The number of hydrogen-bond donors (Lipinski definition) is 15. The van der Waals surface area contributed by atoms with E-state index in [1.807, 2.05) is 36.1 Å². The monoisotopic (exact) mass is 1630 g/mol. The number of guanidine groups is 3. The third kappa shape index (κ3) is 27.4. The van der Waals surface area contributed by atoms with Crippen LogP contribution in [0.4, 0.5) is 5.69 Å². The molecule has 9 rings (SSSR count). The molecule has 0 spiro atoms. The van der Waals surface area contributed by atoms with Gasteiger partial charge in [-0.25, -0.2) is 4.79 Å². The molecule has 4 aromatic rings. The van der Waals surface area contributed by atoms with E-state index < -0.39 is 139 Å². The lowest BCUT2D eigenvalue weighted by atomic mass is 9.90. The number of carbonyl (C=O) groups excluding carboxylic acids is 10. The number of piperidine rings is 1. The number of para-hydroxylation sites is 1. The van der Waals surface area contributed by atoms with E-state index in [1.165, 1.54) is 31.6 Å². The van der Waals surface area contributed by atoms with Gasteiger partial charge in [-0.1, -0.05) is 105 Å². The zero-order valence-electron chi connectivity index (χ0n) is 66.1. The van der Waals surface area contributed by atoms with E-state index in [1.54, 1.807) is 35.7 Å².